The van der Waals surface area contributed by atoms with Crippen LogP contribution in [0.3, 0.4) is 0 Å². The van der Waals surface area contributed by atoms with Crippen LogP contribution < -0.4 is 5.32 Å². The molecule has 2 aliphatic rings. The van der Waals surface area contributed by atoms with Crippen molar-refractivity contribution >= 4 is 0 Å². The third-order valence-corrected chi connectivity index (χ3v) is 4.26. The Morgan fingerprint density at radius 2 is 1.95 bits per heavy atom. The summed E-state index contributed by atoms with van der Waals surface area (Å²) in [5, 5.41) is 3.54. The van der Waals surface area contributed by atoms with Gasteiger partial charge >= 0.3 is 0 Å². The zero-order valence-electron chi connectivity index (χ0n) is 12.1. The first-order valence-electron chi connectivity index (χ1n) is 7.30. The van der Waals surface area contributed by atoms with Crippen LogP contribution in [0.15, 0.2) is 0 Å². The summed E-state index contributed by atoms with van der Waals surface area (Å²) in [4.78, 5) is 9.42. The van der Waals surface area contributed by atoms with Crippen LogP contribution >= 0.6 is 0 Å². The molecule has 1 saturated carbocycles. The number of rotatable bonds is 4. The molecule has 4 heteroatoms. The Kier molecular flexibility index (Phi) is 3.31. The van der Waals surface area contributed by atoms with Crippen molar-refractivity contribution in [3.63, 3.8) is 0 Å². The highest BCUT2D eigenvalue weighted by Gasteiger charge is 2.35. The molecule has 1 N–H and O–H groups in total. The molecular weight excluding hydrogens is 238 g/mol. The highest BCUT2D eigenvalue weighted by atomic mass is 16.5. The van der Waals surface area contributed by atoms with Crippen LogP contribution in [0.2, 0.25) is 0 Å². The molecule has 1 aliphatic carbocycles. The molecule has 2 fully saturated rings. The van der Waals surface area contributed by atoms with E-state index in [2.05, 4.69) is 26.1 Å². The molecular formula is C15H23N3O. The van der Waals surface area contributed by atoms with Crippen molar-refractivity contribution in [2.24, 2.45) is 0 Å². The number of ether oxygens (including phenoxy) is 1. The van der Waals surface area contributed by atoms with Gasteiger partial charge in [-0.25, -0.2) is 9.97 Å². The lowest BCUT2D eigenvalue weighted by Gasteiger charge is -2.23. The van der Waals surface area contributed by atoms with Crippen LogP contribution in [-0.2, 0) is 16.9 Å². The average molecular weight is 261 g/mol. The van der Waals surface area contributed by atoms with E-state index >= 15 is 0 Å². The summed E-state index contributed by atoms with van der Waals surface area (Å²) in [5.74, 6) is 0.857. The van der Waals surface area contributed by atoms with Gasteiger partial charge in [0.1, 0.15) is 5.60 Å². The van der Waals surface area contributed by atoms with Crippen LogP contribution in [0.1, 0.15) is 55.4 Å². The summed E-state index contributed by atoms with van der Waals surface area (Å²) in [5.41, 5.74) is 3.15. The Morgan fingerprint density at radius 1 is 1.26 bits per heavy atom. The number of hydrogen-bond acceptors (Lipinski definition) is 4. The normalized spacial score (nSPS) is 26.9. The smallest absolute Gasteiger partial charge is 0.160 e. The lowest BCUT2D eigenvalue weighted by Crippen LogP contribution is -2.26. The molecule has 19 heavy (non-hydrogen) atoms. The standard InChI is InChI=1S/C15H23N3O/c1-10-13(9-16-12-5-6-12)11(2)18-14(17-10)15(3)7-4-8-19-15/h12,16H,4-9H2,1-3H3. The fourth-order valence-corrected chi connectivity index (χ4v) is 2.72. The summed E-state index contributed by atoms with van der Waals surface area (Å²) in [7, 11) is 0. The van der Waals surface area contributed by atoms with Gasteiger partial charge in [-0.1, -0.05) is 0 Å². The second-order valence-corrected chi connectivity index (χ2v) is 6.03. The predicted molar refractivity (Wildman–Crippen MR) is 73.9 cm³/mol. The van der Waals surface area contributed by atoms with E-state index in [4.69, 9.17) is 14.7 Å². The van der Waals surface area contributed by atoms with Gasteiger partial charge in [0.05, 0.1) is 0 Å². The molecule has 0 aromatic carbocycles. The predicted octanol–water partition coefficient (Wildman–Crippen LogP) is 2.37. The lowest BCUT2D eigenvalue weighted by molar-refractivity contribution is 0.00901. The molecule has 1 aromatic rings. The average Bonchev–Trinajstić information content (AvgIpc) is 3.08. The van der Waals surface area contributed by atoms with Crippen molar-refractivity contribution in [1.29, 1.82) is 0 Å². The van der Waals surface area contributed by atoms with Crippen LogP contribution in [0.5, 0.6) is 0 Å². The third-order valence-electron chi connectivity index (χ3n) is 4.26. The van der Waals surface area contributed by atoms with Gasteiger partial charge in [0.25, 0.3) is 0 Å². The van der Waals surface area contributed by atoms with Gasteiger partial charge in [0, 0.05) is 36.1 Å². The summed E-state index contributed by atoms with van der Waals surface area (Å²) in [6.45, 7) is 7.99. The molecule has 0 amide bonds. The van der Waals surface area contributed by atoms with Crippen LogP contribution in [0.25, 0.3) is 0 Å². The molecule has 1 unspecified atom stereocenters. The van der Waals surface area contributed by atoms with Gasteiger partial charge in [-0.15, -0.1) is 0 Å². The maximum absolute atomic E-state index is 5.84. The van der Waals surface area contributed by atoms with E-state index in [1.807, 2.05) is 0 Å². The van der Waals surface area contributed by atoms with Gasteiger partial charge in [-0.05, 0) is 46.5 Å². The first kappa shape index (κ1) is 13.0. The van der Waals surface area contributed by atoms with Gasteiger partial charge in [-0.2, -0.15) is 0 Å². The van der Waals surface area contributed by atoms with E-state index < -0.39 is 0 Å². The van der Waals surface area contributed by atoms with Crippen molar-refractivity contribution < 1.29 is 4.74 Å². The fraction of sp³-hybridized carbons (Fsp3) is 0.733. The Morgan fingerprint density at radius 3 is 2.47 bits per heavy atom. The topological polar surface area (TPSA) is 47.0 Å². The molecule has 2 heterocycles. The van der Waals surface area contributed by atoms with Gasteiger partial charge in [0.2, 0.25) is 0 Å². The highest BCUT2D eigenvalue weighted by Crippen LogP contribution is 2.34. The Hall–Kier alpha value is -1.00. The molecule has 1 saturated heterocycles. The highest BCUT2D eigenvalue weighted by molar-refractivity contribution is 5.26. The molecule has 3 rings (SSSR count). The largest absolute Gasteiger partial charge is 0.367 e. The van der Waals surface area contributed by atoms with Gasteiger partial charge in [0.15, 0.2) is 5.82 Å². The summed E-state index contributed by atoms with van der Waals surface area (Å²) in [6.07, 6.45) is 4.74. The molecule has 0 bridgehead atoms. The Balaban J connectivity index is 1.83. The summed E-state index contributed by atoms with van der Waals surface area (Å²) < 4.78 is 5.84. The molecule has 1 atom stereocenters. The monoisotopic (exact) mass is 261 g/mol. The number of hydrogen-bond donors (Lipinski definition) is 1. The maximum Gasteiger partial charge on any atom is 0.160 e. The molecule has 104 valence electrons. The molecule has 0 radical (unpaired) electrons. The molecule has 4 nitrogen and oxygen atoms in total. The van der Waals surface area contributed by atoms with E-state index in [1.54, 1.807) is 0 Å². The number of nitrogens with one attached hydrogen (secondary N) is 1. The minimum absolute atomic E-state index is 0.280. The van der Waals surface area contributed by atoms with Crippen molar-refractivity contribution in [3.8, 4) is 0 Å². The SMILES string of the molecule is Cc1nc(C2(C)CCCO2)nc(C)c1CNC1CC1. The van der Waals surface area contributed by atoms with Crippen LogP contribution in [-0.4, -0.2) is 22.6 Å². The zero-order valence-corrected chi connectivity index (χ0v) is 12.1. The molecule has 1 aromatic heterocycles. The molecule has 1 aliphatic heterocycles. The van der Waals surface area contributed by atoms with Gasteiger partial charge < -0.3 is 10.1 Å². The Bertz CT molecular complexity index is 453. The maximum atomic E-state index is 5.84. The fourth-order valence-electron chi connectivity index (χ4n) is 2.72. The van der Waals surface area contributed by atoms with Crippen molar-refractivity contribution in [3.05, 3.63) is 22.8 Å². The minimum Gasteiger partial charge on any atom is -0.367 e. The lowest BCUT2D eigenvalue weighted by atomic mass is 10.0. The molecule has 0 spiro atoms. The number of aryl methyl sites for hydroxylation is 2. The number of nitrogens with zero attached hydrogens (tertiary/aromatic N) is 2. The van der Waals surface area contributed by atoms with E-state index in [1.165, 1.54) is 18.4 Å². The van der Waals surface area contributed by atoms with E-state index in [0.29, 0.717) is 6.04 Å². The van der Waals surface area contributed by atoms with E-state index in [9.17, 15) is 0 Å². The summed E-state index contributed by atoms with van der Waals surface area (Å²) >= 11 is 0. The van der Waals surface area contributed by atoms with Crippen molar-refractivity contribution in [2.45, 2.75) is 64.6 Å². The third kappa shape index (κ3) is 2.65. The first-order chi connectivity index (χ1) is 9.08. The minimum atomic E-state index is -0.280. The summed E-state index contributed by atoms with van der Waals surface area (Å²) in [6, 6.07) is 0.717. The van der Waals surface area contributed by atoms with Gasteiger partial charge in [-0.3, -0.25) is 0 Å². The van der Waals surface area contributed by atoms with Crippen LogP contribution in [0.4, 0.5) is 0 Å². The second-order valence-electron chi connectivity index (χ2n) is 6.03. The quantitative estimate of drug-likeness (QED) is 0.904. The zero-order chi connectivity index (χ0) is 13.5. The van der Waals surface area contributed by atoms with Crippen molar-refractivity contribution in [1.82, 2.24) is 15.3 Å². The van der Waals surface area contributed by atoms with Crippen molar-refractivity contribution in [2.75, 3.05) is 6.61 Å². The number of aromatic nitrogens is 2. The second kappa shape index (κ2) is 4.84. The van der Waals surface area contributed by atoms with Crippen LogP contribution in [0, 0.1) is 13.8 Å². The first-order valence-corrected chi connectivity index (χ1v) is 7.30. The van der Waals surface area contributed by atoms with E-state index in [-0.39, 0.29) is 5.60 Å². The van der Waals surface area contributed by atoms with E-state index in [0.717, 1.165) is 43.2 Å². The Labute approximate surface area is 115 Å².